The Morgan fingerprint density at radius 3 is 2.18 bits per heavy atom. The first-order valence-electron chi connectivity index (χ1n) is 6.94. The van der Waals surface area contributed by atoms with E-state index in [2.05, 4.69) is 15.9 Å². The topological polar surface area (TPSA) is 86.2 Å². The van der Waals surface area contributed by atoms with Crippen molar-refractivity contribution in [3.05, 3.63) is 64.6 Å². The second kappa shape index (κ2) is 5.45. The summed E-state index contributed by atoms with van der Waals surface area (Å²) in [5.74, 6) is -0.282. The van der Waals surface area contributed by atoms with Crippen LogP contribution in [0.4, 0.5) is 0 Å². The zero-order valence-electron chi connectivity index (χ0n) is 11.8. The largest absolute Gasteiger partial charge is 0.329 e. The molecule has 0 radical (unpaired) electrons. The van der Waals surface area contributed by atoms with Crippen LogP contribution in [0.3, 0.4) is 0 Å². The molecule has 6 heteroatoms. The lowest BCUT2D eigenvalue weighted by Gasteiger charge is -2.08. The molecule has 0 aromatic heterocycles. The van der Waals surface area contributed by atoms with Crippen LogP contribution in [0.25, 0.3) is 0 Å². The molecular weight excluding hydrogens is 364 g/mol. The van der Waals surface area contributed by atoms with Gasteiger partial charge in [0.25, 0.3) is 0 Å². The summed E-state index contributed by atoms with van der Waals surface area (Å²) >= 11 is 3.38. The molecule has 2 aromatic carbocycles. The van der Waals surface area contributed by atoms with E-state index in [0.717, 1.165) is 10.0 Å². The van der Waals surface area contributed by atoms with Crippen LogP contribution in [-0.4, -0.2) is 25.8 Å². The Morgan fingerprint density at radius 1 is 1.05 bits per heavy atom. The Balaban J connectivity index is 2.02. The standard InChI is InChI=1S/C16H17BrN2O2S/c17-12-8-6-11(7-9-12)14-15(16(14,19)10-18)22(20,21)13-4-2-1-3-5-13/h1-9,14-15H,10,18-19H2/t14-,15+,16-/m1/s1. The molecule has 1 aliphatic rings. The molecular formula is C16H17BrN2O2S. The summed E-state index contributed by atoms with van der Waals surface area (Å²) in [5.41, 5.74) is 12.1. The minimum atomic E-state index is -3.51. The fourth-order valence-corrected chi connectivity index (χ4v) is 5.65. The van der Waals surface area contributed by atoms with Crippen molar-refractivity contribution in [1.29, 1.82) is 0 Å². The molecule has 2 aromatic rings. The van der Waals surface area contributed by atoms with Crippen molar-refractivity contribution in [2.45, 2.75) is 21.6 Å². The number of halogens is 1. The van der Waals surface area contributed by atoms with Crippen molar-refractivity contribution in [3.63, 3.8) is 0 Å². The van der Waals surface area contributed by atoms with Gasteiger partial charge in [0.15, 0.2) is 9.84 Å². The van der Waals surface area contributed by atoms with Gasteiger partial charge in [-0.05, 0) is 29.8 Å². The Kier molecular flexibility index (Phi) is 3.89. The smallest absolute Gasteiger partial charge is 0.183 e. The van der Waals surface area contributed by atoms with E-state index in [1.54, 1.807) is 30.3 Å². The van der Waals surface area contributed by atoms with Gasteiger partial charge in [0.1, 0.15) is 0 Å². The van der Waals surface area contributed by atoms with Crippen LogP contribution in [0.1, 0.15) is 11.5 Å². The van der Waals surface area contributed by atoms with E-state index in [9.17, 15) is 8.42 Å². The highest BCUT2D eigenvalue weighted by Gasteiger charge is 2.68. The molecule has 4 N–H and O–H groups in total. The maximum Gasteiger partial charge on any atom is 0.183 e. The zero-order valence-corrected chi connectivity index (χ0v) is 14.2. The Bertz CT molecular complexity index is 778. The highest BCUT2D eigenvalue weighted by Crippen LogP contribution is 2.55. The third-order valence-electron chi connectivity index (χ3n) is 4.29. The van der Waals surface area contributed by atoms with Gasteiger partial charge in [0, 0.05) is 16.9 Å². The first kappa shape index (κ1) is 15.7. The summed E-state index contributed by atoms with van der Waals surface area (Å²) in [6, 6.07) is 16.0. The van der Waals surface area contributed by atoms with Crippen LogP contribution in [0.2, 0.25) is 0 Å². The van der Waals surface area contributed by atoms with Gasteiger partial charge in [0.05, 0.1) is 15.7 Å². The fraction of sp³-hybridized carbons (Fsp3) is 0.250. The van der Waals surface area contributed by atoms with Gasteiger partial charge in [-0.15, -0.1) is 0 Å². The van der Waals surface area contributed by atoms with Crippen LogP contribution in [-0.2, 0) is 9.84 Å². The minimum absolute atomic E-state index is 0.129. The molecule has 116 valence electrons. The Morgan fingerprint density at radius 2 is 1.64 bits per heavy atom. The summed E-state index contributed by atoms with van der Waals surface area (Å²) in [7, 11) is -3.51. The van der Waals surface area contributed by atoms with Gasteiger partial charge in [-0.25, -0.2) is 8.42 Å². The van der Waals surface area contributed by atoms with Crippen LogP contribution in [0.5, 0.6) is 0 Å². The Labute approximate surface area is 138 Å². The number of hydrogen-bond acceptors (Lipinski definition) is 4. The molecule has 0 saturated heterocycles. The van der Waals surface area contributed by atoms with Crippen molar-refractivity contribution in [2.75, 3.05) is 6.54 Å². The third kappa shape index (κ3) is 2.40. The van der Waals surface area contributed by atoms with E-state index in [4.69, 9.17) is 11.5 Å². The molecule has 0 amide bonds. The van der Waals surface area contributed by atoms with Gasteiger partial charge in [-0.2, -0.15) is 0 Å². The van der Waals surface area contributed by atoms with E-state index in [-0.39, 0.29) is 12.5 Å². The Hall–Kier alpha value is -1.21. The monoisotopic (exact) mass is 380 g/mol. The van der Waals surface area contributed by atoms with E-state index in [0.29, 0.717) is 4.90 Å². The van der Waals surface area contributed by atoms with Gasteiger partial charge in [-0.3, -0.25) is 0 Å². The molecule has 22 heavy (non-hydrogen) atoms. The van der Waals surface area contributed by atoms with Gasteiger partial charge in [-0.1, -0.05) is 46.3 Å². The van der Waals surface area contributed by atoms with Crippen LogP contribution >= 0.6 is 15.9 Å². The average molecular weight is 381 g/mol. The molecule has 0 heterocycles. The maximum absolute atomic E-state index is 12.9. The fourth-order valence-electron chi connectivity index (χ4n) is 3.05. The lowest BCUT2D eigenvalue weighted by molar-refractivity contribution is 0.586. The molecule has 3 rings (SSSR count). The van der Waals surface area contributed by atoms with E-state index < -0.39 is 20.6 Å². The summed E-state index contributed by atoms with van der Waals surface area (Å²) in [5, 5.41) is -0.687. The molecule has 1 saturated carbocycles. The number of benzene rings is 2. The number of nitrogens with two attached hydrogens (primary N) is 2. The predicted molar refractivity (Wildman–Crippen MR) is 90.3 cm³/mol. The first-order valence-corrected chi connectivity index (χ1v) is 9.28. The molecule has 1 fully saturated rings. The van der Waals surface area contributed by atoms with Crippen molar-refractivity contribution in [2.24, 2.45) is 11.5 Å². The summed E-state index contributed by atoms with van der Waals surface area (Å²) in [4.78, 5) is 0.294. The average Bonchev–Trinajstić information content (AvgIpc) is 3.17. The first-order chi connectivity index (χ1) is 10.4. The van der Waals surface area contributed by atoms with Crippen molar-refractivity contribution in [1.82, 2.24) is 0 Å². The summed E-state index contributed by atoms with van der Waals surface area (Å²) < 4.78 is 26.7. The second-order valence-corrected chi connectivity index (χ2v) is 8.61. The van der Waals surface area contributed by atoms with Crippen LogP contribution in [0.15, 0.2) is 64.0 Å². The third-order valence-corrected chi connectivity index (χ3v) is 7.13. The maximum atomic E-state index is 12.9. The van der Waals surface area contributed by atoms with Crippen molar-refractivity contribution >= 4 is 25.8 Å². The van der Waals surface area contributed by atoms with Crippen LogP contribution in [0, 0.1) is 0 Å². The van der Waals surface area contributed by atoms with Gasteiger partial charge < -0.3 is 11.5 Å². The molecule has 0 aliphatic heterocycles. The van der Waals surface area contributed by atoms with E-state index >= 15 is 0 Å². The summed E-state index contributed by atoms with van der Waals surface area (Å²) in [6.45, 7) is 0.129. The van der Waals surface area contributed by atoms with Gasteiger partial charge >= 0.3 is 0 Å². The highest BCUT2D eigenvalue weighted by molar-refractivity contribution is 9.10. The van der Waals surface area contributed by atoms with Gasteiger partial charge in [0.2, 0.25) is 0 Å². The zero-order chi connectivity index (χ0) is 16.0. The molecule has 4 nitrogen and oxygen atoms in total. The molecule has 0 bridgehead atoms. The number of rotatable bonds is 4. The number of sulfone groups is 1. The second-order valence-electron chi connectivity index (χ2n) is 5.62. The minimum Gasteiger partial charge on any atom is -0.329 e. The van der Waals surface area contributed by atoms with E-state index in [1.165, 1.54) is 0 Å². The normalized spacial score (nSPS) is 27.6. The SMILES string of the molecule is NC[C@@]1(N)[C@H](c2ccc(Br)cc2)[C@@H]1S(=O)(=O)c1ccccc1. The molecule has 3 atom stereocenters. The molecule has 0 spiro atoms. The molecule has 0 unspecified atom stereocenters. The van der Waals surface area contributed by atoms with Crippen LogP contribution < -0.4 is 11.5 Å². The lowest BCUT2D eigenvalue weighted by Crippen LogP contribution is -2.39. The quantitative estimate of drug-likeness (QED) is 0.849. The van der Waals surface area contributed by atoms with Crippen molar-refractivity contribution in [3.8, 4) is 0 Å². The van der Waals surface area contributed by atoms with Crippen molar-refractivity contribution < 1.29 is 8.42 Å². The molecule has 1 aliphatic carbocycles. The predicted octanol–water partition coefficient (Wildman–Crippen LogP) is 2.05. The summed E-state index contributed by atoms with van der Waals surface area (Å²) in [6.07, 6.45) is 0. The lowest BCUT2D eigenvalue weighted by atomic mass is 10.1. The highest BCUT2D eigenvalue weighted by atomic mass is 79.9. The van der Waals surface area contributed by atoms with E-state index in [1.807, 2.05) is 24.3 Å². The number of hydrogen-bond donors (Lipinski definition) is 2.